The minimum Gasteiger partial charge on any atom is -0.391 e. The fourth-order valence-corrected chi connectivity index (χ4v) is 3.24. The summed E-state index contributed by atoms with van der Waals surface area (Å²) in [4.78, 5) is 26.8. The van der Waals surface area contributed by atoms with Crippen LogP contribution in [0, 0.1) is 5.92 Å². The summed E-state index contributed by atoms with van der Waals surface area (Å²) in [6, 6.07) is 7.52. The topological polar surface area (TPSA) is 67.5 Å². The molecule has 0 saturated carbocycles. The first-order valence-corrected chi connectivity index (χ1v) is 8.16. The molecule has 1 amide bonds. The van der Waals surface area contributed by atoms with E-state index >= 15 is 0 Å². The lowest BCUT2D eigenvalue weighted by molar-refractivity contribution is -0.136. The van der Waals surface area contributed by atoms with Crippen molar-refractivity contribution in [3.63, 3.8) is 0 Å². The molecule has 6 nitrogen and oxygen atoms in total. The van der Waals surface area contributed by atoms with E-state index < -0.39 is 6.10 Å². The highest BCUT2D eigenvalue weighted by Gasteiger charge is 2.28. The third kappa shape index (κ3) is 2.79. The van der Waals surface area contributed by atoms with Crippen molar-refractivity contribution in [2.75, 3.05) is 13.1 Å². The Kier molecular flexibility index (Phi) is 4.26. The van der Waals surface area contributed by atoms with Gasteiger partial charge in [0.05, 0.1) is 17.1 Å². The lowest BCUT2D eigenvalue weighted by Crippen LogP contribution is -2.47. The predicted octanol–water partition coefficient (Wildman–Crippen LogP) is 1.05. The number of aliphatic hydroxyl groups is 1. The molecule has 1 aliphatic heterocycles. The Morgan fingerprint density at radius 1 is 1.26 bits per heavy atom. The molecule has 1 aromatic heterocycles. The molecule has 124 valence electrons. The summed E-state index contributed by atoms with van der Waals surface area (Å²) in [6.07, 6.45) is 0.305. The highest BCUT2D eigenvalue weighted by Crippen LogP contribution is 2.18. The number of aromatic nitrogens is 2. The molecule has 1 fully saturated rings. The van der Waals surface area contributed by atoms with Crippen LogP contribution in [-0.4, -0.2) is 44.2 Å². The maximum atomic E-state index is 12.6. The second-order valence-corrected chi connectivity index (χ2v) is 6.27. The van der Waals surface area contributed by atoms with Crippen molar-refractivity contribution in [1.29, 1.82) is 0 Å². The quantitative estimate of drug-likeness (QED) is 0.920. The van der Waals surface area contributed by atoms with E-state index in [1.165, 1.54) is 4.57 Å². The van der Waals surface area contributed by atoms with Crippen LogP contribution in [0.15, 0.2) is 29.1 Å². The summed E-state index contributed by atoms with van der Waals surface area (Å²) < 4.78 is 3.21. The van der Waals surface area contributed by atoms with Gasteiger partial charge in [0.25, 0.3) is 0 Å². The molecule has 1 aromatic carbocycles. The maximum Gasteiger partial charge on any atom is 0.329 e. The van der Waals surface area contributed by atoms with Gasteiger partial charge < -0.3 is 10.0 Å². The van der Waals surface area contributed by atoms with Crippen LogP contribution in [0.5, 0.6) is 0 Å². The number of nitrogens with zero attached hydrogens (tertiary/aromatic N) is 3. The number of amides is 1. The molecule has 0 radical (unpaired) electrons. The molecule has 1 aliphatic rings. The first-order chi connectivity index (χ1) is 11.0. The molecule has 0 bridgehead atoms. The summed E-state index contributed by atoms with van der Waals surface area (Å²) in [5, 5.41) is 9.97. The molecule has 0 aliphatic carbocycles. The van der Waals surface area contributed by atoms with Crippen LogP contribution in [0.1, 0.15) is 20.3 Å². The standard InChI is InChI=1S/C17H23N3O3/c1-3-19-13-6-4-5-7-14(13)20(17(19)23)11-16(22)18-9-8-12(2)15(21)10-18/h4-7,12,15,21H,3,8-11H2,1-2H3. The van der Waals surface area contributed by atoms with Crippen LogP contribution in [0.25, 0.3) is 11.0 Å². The van der Waals surface area contributed by atoms with Crippen LogP contribution >= 0.6 is 0 Å². The van der Waals surface area contributed by atoms with Crippen molar-refractivity contribution in [3.8, 4) is 0 Å². The van der Waals surface area contributed by atoms with Crippen molar-refractivity contribution < 1.29 is 9.90 Å². The van der Waals surface area contributed by atoms with Gasteiger partial charge in [0.2, 0.25) is 5.91 Å². The third-order valence-electron chi connectivity index (χ3n) is 4.81. The number of para-hydroxylation sites is 2. The first-order valence-electron chi connectivity index (χ1n) is 8.16. The lowest BCUT2D eigenvalue weighted by atomic mass is 9.96. The number of carbonyl (C=O) groups is 1. The molecule has 23 heavy (non-hydrogen) atoms. The number of likely N-dealkylation sites (tertiary alicyclic amines) is 1. The molecular formula is C17H23N3O3. The monoisotopic (exact) mass is 317 g/mol. The summed E-state index contributed by atoms with van der Waals surface area (Å²) in [6.45, 7) is 5.49. The summed E-state index contributed by atoms with van der Waals surface area (Å²) in [5.41, 5.74) is 1.46. The molecule has 6 heteroatoms. The van der Waals surface area contributed by atoms with Crippen LogP contribution in [0.4, 0.5) is 0 Å². The molecule has 2 atom stereocenters. The number of rotatable bonds is 3. The average Bonchev–Trinajstić information content (AvgIpc) is 2.82. The zero-order chi connectivity index (χ0) is 16.6. The Bertz CT molecular complexity index is 777. The number of aliphatic hydroxyl groups excluding tert-OH is 1. The largest absolute Gasteiger partial charge is 0.391 e. The van der Waals surface area contributed by atoms with Gasteiger partial charge in [0, 0.05) is 19.6 Å². The normalized spacial score (nSPS) is 21.8. The number of aryl methyl sites for hydroxylation is 1. The van der Waals surface area contributed by atoms with Gasteiger partial charge in [-0.25, -0.2) is 4.79 Å². The molecule has 1 N–H and O–H groups in total. The van der Waals surface area contributed by atoms with Crippen LogP contribution in [-0.2, 0) is 17.9 Å². The van der Waals surface area contributed by atoms with Crippen LogP contribution in [0.2, 0.25) is 0 Å². The van der Waals surface area contributed by atoms with Crippen LogP contribution < -0.4 is 5.69 Å². The highest BCUT2D eigenvalue weighted by molar-refractivity contribution is 5.81. The van der Waals surface area contributed by atoms with Gasteiger partial charge in [-0.1, -0.05) is 19.1 Å². The van der Waals surface area contributed by atoms with Gasteiger partial charge in [0.15, 0.2) is 0 Å². The fourth-order valence-electron chi connectivity index (χ4n) is 3.24. The average molecular weight is 317 g/mol. The predicted molar refractivity (Wildman–Crippen MR) is 88.2 cm³/mol. The third-order valence-corrected chi connectivity index (χ3v) is 4.81. The molecule has 3 rings (SSSR count). The zero-order valence-corrected chi connectivity index (χ0v) is 13.6. The molecular weight excluding hydrogens is 294 g/mol. The Labute approximate surface area is 134 Å². The van der Waals surface area contributed by atoms with Crippen molar-refractivity contribution in [2.45, 2.75) is 39.5 Å². The van der Waals surface area contributed by atoms with Crippen molar-refractivity contribution in [1.82, 2.24) is 14.0 Å². The Morgan fingerprint density at radius 3 is 2.52 bits per heavy atom. The fraction of sp³-hybridized carbons (Fsp3) is 0.529. The van der Waals surface area contributed by atoms with Crippen molar-refractivity contribution >= 4 is 16.9 Å². The Morgan fingerprint density at radius 2 is 1.91 bits per heavy atom. The maximum absolute atomic E-state index is 12.6. The molecule has 2 aromatic rings. The number of piperidine rings is 1. The number of imidazole rings is 1. The SMILES string of the molecule is CCn1c(=O)n(CC(=O)N2CCC(C)C(O)C2)c2ccccc21. The van der Waals surface area contributed by atoms with Crippen LogP contribution in [0.3, 0.4) is 0 Å². The smallest absolute Gasteiger partial charge is 0.329 e. The number of hydrogen-bond acceptors (Lipinski definition) is 3. The number of β-amino-alcohol motifs (C(OH)–C–C–N with tert-alkyl or cyclic N) is 1. The zero-order valence-electron chi connectivity index (χ0n) is 13.6. The Balaban J connectivity index is 1.88. The van der Waals surface area contributed by atoms with E-state index in [0.717, 1.165) is 17.5 Å². The van der Waals surface area contributed by atoms with E-state index in [0.29, 0.717) is 19.6 Å². The second-order valence-electron chi connectivity index (χ2n) is 6.27. The van der Waals surface area contributed by atoms with E-state index in [-0.39, 0.29) is 24.1 Å². The van der Waals surface area contributed by atoms with Gasteiger partial charge in [0.1, 0.15) is 6.54 Å². The van der Waals surface area contributed by atoms with E-state index in [2.05, 4.69) is 0 Å². The highest BCUT2D eigenvalue weighted by atomic mass is 16.3. The number of benzene rings is 1. The van der Waals surface area contributed by atoms with Crippen molar-refractivity contribution in [3.05, 3.63) is 34.7 Å². The second kappa shape index (κ2) is 6.20. The summed E-state index contributed by atoms with van der Waals surface area (Å²) in [7, 11) is 0. The van der Waals surface area contributed by atoms with E-state index in [4.69, 9.17) is 0 Å². The minimum atomic E-state index is -0.485. The molecule has 2 unspecified atom stereocenters. The van der Waals surface area contributed by atoms with Gasteiger partial charge >= 0.3 is 5.69 Å². The summed E-state index contributed by atoms with van der Waals surface area (Å²) in [5.74, 6) is 0.0980. The first kappa shape index (κ1) is 15.8. The lowest BCUT2D eigenvalue weighted by Gasteiger charge is -2.34. The molecule has 2 heterocycles. The van der Waals surface area contributed by atoms with Gasteiger partial charge in [-0.05, 0) is 31.4 Å². The Hall–Kier alpha value is -2.08. The van der Waals surface area contributed by atoms with E-state index in [1.54, 1.807) is 9.47 Å². The van der Waals surface area contributed by atoms with E-state index in [1.807, 2.05) is 38.1 Å². The van der Waals surface area contributed by atoms with E-state index in [9.17, 15) is 14.7 Å². The molecule has 0 spiro atoms. The number of fused-ring (bicyclic) bond motifs is 1. The van der Waals surface area contributed by atoms with Crippen molar-refractivity contribution in [2.24, 2.45) is 5.92 Å². The van der Waals surface area contributed by atoms with Gasteiger partial charge in [-0.15, -0.1) is 0 Å². The van der Waals surface area contributed by atoms with Gasteiger partial charge in [-0.3, -0.25) is 13.9 Å². The summed E-state index contributed by atoms with van der Waals surface area (Å²) >= 11 is 0. The number of hydrogen-bond donors (Lipinski definition) is 1. The molecule has 1 saturated heterocycles. The minimum absolute atomic E-state index is 0.0213. The van der Waals surface area contributed by atoms with Gasteiger partial charge in [-0.2, -0.15) is 0 Å². The number of carbonyl (C=O) groups excluding carboxylic acids is 1.